The third-order valence-corrected chi connectivity index (χ3v) is 4.65. The standard InChI is InChI=1S/C15H30N2O/c1-13-4-6-14(7-5-13)16-8-9-17-10-11-18-12-15(17,2)3/h13-14,16H,4-12H2,1-3H3. The molecule has 0 radical (unpaired) electrons. The molecule has 2 rings (SSSR count). The monoisotopic (exact) mass is 254 g/mol. The first-order valence-corrected chi connectivity index (χ1v) is 7.64. The van der Waals surface area contributed by atoms with Crippen LogP contribution >= 0.6 is 0 Å². The summed E-state index contributed by atoms with van der Waals surface area (Å²) in [5.41, 5.74) is 0.209. The van der Waals surface area contributed by atoms with Crippen molar-refractivity contribution in [2.45, 2.75) is 58.0 Å². The SMILES string of the molecule is CC1CCC(NCCN2CCOCC2(C)C)CC1. The molecule has 0 atom stereocenters. The van der Waals surface area contributed by atoms with E-state index < -0.39 is 0 Å². The van der Waals surface area contributed by atoms with E-state index >= 15 is 0 Å². The van der Waals surface area contributed by atoms with Crippen molar-refractivity contribution in [3.05, 3.63) is 0 Å². The van der Waals surface area contributed by atoms with Crippen molar-refractivity contribution >= 4 is 0 Å². The lowest BCUT2D eigenvalue weighted by molar-refractivity contribution is -0.0503. The van der Waals surface area contributed by atoms with Gasteiger partial charge in [0.1, 0.15) is 0 Å². The van der Waals surface area contributed by atoms with Gasteiger partial charge in [0.15, 0.2) is 0 Å². The number of ether oxygens (including phenoxy) is 1. The van der Waals surface area contributed by atoms with Crippen LogP contribution in [0.1, 0.15) is 46.5 Å². The maximum Gasteiger partial charge on any atom is 0.0645 e. The van der Waals surface area contributed by atoms with Crippen LogP contribution in [0.15, 0.2) is 0 Å². The van der Waals surface area contributed by atoms with Gasteiger partial charge >= 0.3 is 0 Å². The quantitative estimate of drug-likeness (QED) is 0.833. The summed E-state index contributed by atoms with van der Waals surface area (Å²) in [4.78, 5) is 2.56. The van der Waals surface area contributed by atoms with Crippen LogP contribution in [-0.2, 0) is 4.74 Å². The van der Waals surface area contributed by atoms with Crippen LogP contribution in [0.4, 0.5) is 0 Å². The Labute approximate surface area is 112 Å². The minimum absolute atomic E-state index is 0.209. The molecule has 1 aliphatic heterocycles. The highest BCUT2D eigenvalue weighted by molar-refractivity contribution is 4.85. The number of morpholine rings is 1. The van der Waals surface area contributed by atoms with Crippen LogP contribution in [0.5, 0.6) is 0 Å². The zero-order chi connectivity index (χ0) is 13.0. The molecule has 1 aliphatic carbocycles. The Morgan fingerprint density at radius 1 is 1.22 bits per heavy atom. The molecule has 1 saturated carbocycles. The van der Waals surface area contributed by atoms with Crippen molar-refractivity contribution in [3.8, 4) is 0 Å². The van der Waals surface area contributed by atoms with Gasteiger partial charge < -0.3 is 10.1 Å². The predicted octanol–water partition coefficient (Wildman–Crippen LogP) is 2.27. The fourth-order valence-corrected chi connectivity index (χ4v) is 3.17. The molecule has 2 fully saturated rings. The summed E-state index contributed by atoms with van der Waals surface area (Å²) in [7, 11) is 0. The van der Waals surface area contributed by atoms with Gasteiger partial charge in [0.2, 0.25) is 0 Å². The summed E-state index contributed by atoms with van der Waals surface area (Å²) in [6.07, 6.45) is 5.54. The zero-order valence-corrected chi connectivity index (χ0v) is 12.4. The molecule has 0 spiro atoms. The molecule has 0 aromatic heterocycles. The summed E-state index contributed by atoms with van der Waals surface area (Å²) in [6, 6.07) is 0.769. The summed E-state index contributed by atoms with van der Waals surface area (Å²) >= 11 is 0. The lowest BCUT2D eigenvalue weighted by Gasteiger charge is -2.42. The van der Waals surface area contributed by atoms with Crippen LogP contribution in [0, 0.1) is 5.92 Å². The van der Waals surface area contributed by atoms with Gasteiger partial charge in [0.05, 0.1) is 13.2 Å². The molecule has 0 unspecified atom stereocenters. The van der Waals surface area contributed by atoms with Crippen LogP contribution in [0.3, 0.4) is 0 Å². The van der Waals surface area contributed by atoms with Gasteiger partial charge in [-0.2, -0.15) is 0 Å². The fourth-order valence-electron chi connectivity index (χ4n) is 3.17. The van der Waals surface area contributed by atoms with Gasteiger partial charge in [-0.3, -0.25) is 4.90 Å². The Balaban J connectivity index is 1.65. The number of nitrogens with one attached hydrogen (secondary N) is 1. The maximum absolute atomic E-state index is 5.56. The van der Waals surface area contributed by atoms with Crippen molar-refractivity contribution < 1.29 is 4.74 Å². The third-order valence-electron chi connectivity index (χ3n) is 4.65. The molecule has 1 N–H and O–H groups in total. The van der Waals surface area contributed by atoms with Crippen LogP contribution in [0.2, 0.25) is 0 Å². The van der Waals surface area contributed by atoms with E-state index in [1.807, 2.05) is 0 Å². The van der Waals surface area contributed by atoms with E-state index in [4.69, 9.17) is 4.74 Å². The van der Waals surface area contributed by atoms with Crippen molar-refractivity contribution in [2.75, 3.05) is 32.8 Å². The summed E-state index contributed by atoms with van der Waals surface area (Å²) in [6.45, 7) is 12.1. The fraction of sp³-hybridized carbons (Fsp3) is 1.00. The number of rotatable bonds is 4. The first-order valence-electron chi connectivity index (χ1n) is 7.64. The Kier molecular flexibility index (Phi) is 5.05. The molecular formula is C15H30N2O. The van der Waals surface area contributed by atoms with E-state index in [2.05, 4.69) is 31.0 Å². The predicted molar refractivity (Wildman–Crippen MR) is 75.9 cm³/mol. The Morgan fingerprint density at radius 3 is 2.61 bits per heavy atom. The molecular weight excluding hydrogens is 224 g/mol. The highest BCUT2D eigenvalue weighted by Crippen LogP contribution is 2.23. The van der Waals surface area contributed by atoms with E-state index in [1.54, 1.807) is 0 Å². The molecule has 1 saturated heterocycles. The molecule has 2 aliphatic rings. The lowest BCUT2D eigenvalue weighted by Crippen LogP contribution is -2.55. The first-order chi connectivity index (χ1) is 8.58. The Hall–Kier alpha value is -0.120. The normalized spacial score (nSPS) is 33.5. The second kappa shape index (κ2) is 6.36. The second-order valence-electron chi connectivity index (χ2n) is 6.76. The van der Waals surface area contributed by atoms with Crippen molar-refractivity contribution in [1.29, 1.82) is 0 Å². The highest BCUT2D eigenvalue weighted by Gasteiger charge is 2.30. The highest BCUT2D eigenvalue weighted by atomic mass is 16.5. The third kappa shape index (κ3) is 3.94. The Morgan fingerprint density at radius 2 is 1.94 bits per heavy atom. The van der Waals surface area contributed by atoms with E-state index in [0.717, 1.165) is 44.8 Å². The molecule has 0 amide bonds. The number of hydrogen-bond acceptors (Lipinski definition) is 3. The molecule has 0 aromatic carbocycles. The minimum Gasteiger partial charge on any atom is -0.378 e. The van der Waals surface area contributed by atoms with Gasteiger partial charge in [-0.25, -0.2) is 0 Å². The van der Waals surface area contributed by atoms with Gasteiger partial charge in [-0.15, -0.1) is 0 Å². The molecule has 18 heavy (non-hydrogen) atoms. The van der Waals surface area contributed by atoms with E-state index in [1.165, 1.54) is 25.7 Å². The van der Waals surface area contributed by atoms with Crippen molar-refractivity contribution in [1.82, 2.24) is 10.2 Å². The largest absolute Gasteiger partial charge is 0.378 e. The molecule has 0 bridgehead atoms. The van der Waals surface area contributed by atoms with Gasteiger partial charge in [-0.05, 0) is 45.4 Å². The minimum atomic E-state index is 0.209. The number of nitrogens with zero attached hydrogens (tertiary/aromatic N) is 1. The summed E-state index contributed by atoms with van der Waals surface area (Å²) < 4.78 is 5.56. The topological polar surface area (TPSA) is 24.5 Å². The summed E-state index contributed by atoms with van der Waals surface area (Å²) in [5.74, 6) is 0.946. The van der Waals surface area contributed by atoms with Crippen LogP contribution < -0.4 is 5.32 Å². The molecule has 1 heterocycles. The smallest absolute Gasteiger partial charge is 0.0645 e. The van der Waals surface area contributed by atoms with E-state index in [9.17, 15) is 0 Å². The first kappa shape index (κ1) is 14.3. The summed E-state index contributed by atoms with van der Waals surface area (Å²) in [5, 5.41) is 3.74. The van der Waals surface area contributed by atoms with Crippen molar-refractivity contribution in [3.63, 3.8) is 0 Å². The maximum atomic E-state index is 5.56. The van der Waals surface area contributed by atoms with Gasteiger partial charge in [0.25, 0.3) is 0 Å². The molecule has 3 heteroatoms. The zero-order valence-electron chi connectivity index (χ0n) is 12.4. The number of hydrogen-bond donors (Lipinski definition) is 1. The van der Waals surface area contributed by atoms with E-state index in [0.29, 0.717) is 0 Å². The average molecular weight is 254 g/mol. The van der Waals surface area contributed by atoms with Gasteiger partial charge in [-0.1, -0.05) is 6.92 Å². The Bertz CT molecular complexity index is 247. The molecule has 3 nitrogen and oxygen atoms in total. The van der Waals surface area contributed by atoms with Gasteiger partial charge in [0, 0.05) is 31.2 Å². The van der Waals surface area contributed by atoms with Crippen molar-refractivity contribution in [2.24, 2.45) is 5.92 Å². The molecule has 0 aromatic rings. The molecule has 106 valence electrons. The van der Waals surface area contributed by atoms with E-state index in [-0.39, 0.29) is 5.54 Å². The van der Waals surface area contributed by atoms with Crippen LogP contribution in [0.25, 0.3) is 0 Å². The second-order valence-corrected chi connectivity index (χ2v) is 6.76. The lowest BCUT2D eigenvalue weighted by atomic mass is 9.87. The van der Waals surface area contributed by atoms with Crippen LogP contribution in [-0.4, -0.2) is 49.3 Å². The average Bonchev–Trinajstić information content (AvgIpc) is 2.33.